The summed E-state index contributed by atoms with van der Waals surface area (Å²) in [5, 5.41) is 0.783. The fourth-order valence-corrected chi connectivity index (χ4v) is 9.26. The molecule has 1 heterocycles. The van der Waals surface area contributed by atoms with Crippen LogP contribution < -0.4 is 5.73 Å². The number of hydrogen-bond donors (Lipinski definition) is 1. The number of carbonyl (C=O) groups excluding carboxylic acids is 1. The van der Waals surface area contributed by atoms with Crippen LogP contribution in [0.5, 0.6) is 0 Å². The van der Waals surface area contributed by atoms with Gasteiger partial charge in [-0.2, -0.15) is 11.8 Å². The maximum Gasteiger partial charge on any atom is 0.331 e. The predicted molar refractivity (Wildman–Crippen MR) is 120 cm³/mol. The lowest BCUT2D eigenvalue weighted by Crippen LogP contribution is -2.50. The molecular formula is C25H37NO2S. The van der Waals surface area contributed by atoms with Gasteiger partial charge in [-0.15, -0.1) is 0 Å². The third-order valence-electron chi connectivity index (χ3n) is 9.66. The molecule has 0 unspecified atom stereocenters. The Bertz CT molecular complexity index is 745. The number of ether oxygens (including phenoxy) is 1. The molecule has 4 aliphatic carbocycles. The molecule has 5 aliphatic rings. The minimum Gasteiger partial charge on any atom is -0.458 e. The summed E-state index contributed by atoms with van der Waals surface area (Å²) in [6.45, 7) is 6.48. The van der Waals surface area contributed by atoms with Crippen LogP contribution in [0.4, 0.5) is 0 Å². The van der Waals surface area contributed by atoms with Gasteiger partial charge in [0, 0.05) is 23.6 Å². The number of esters is 1. The van der Waals surface area contributed by atoms with Gasteiger partial charge < -0.3 is 10.5 Å². The standard InChI is InChI=1S/C25H37NO2S/c1-24-9-7-18(29-12-11-26)14-17(24)3-4-19-21-6-5-20(16-13-23(27)28-15-16)25(21,2)10-8-22(19)24/h3,13,18-22H,4-12,14-15,26H2,1-2H3/t18-,19-,20+,21-,22-,24-,25+/m0/s1. The Balaban J connectivity index is 1.37. The second-order valence-corrected chi connectivity index (χ2v) is 12.2. The van der Waals surface area contributed by atoms with Crippen LogP contribution in [0.15, 0.2) is 23.3 Å². The van der Waals surface area contributed by atoms with Gasteiger partial charge in [0.15, 0.2) is 0 Å². The van der Waals surface area contributed by atoms with Crippen molar-refractivity contribution < 1.29 is 9.53 Å². The fourth-order valence-electron chi connectivity index (χ4n) is 8.20. The van der Waals surface area contributed by atoms with Crippen molar-refractivity contribution in [1.82, 2.24) is 0 Å². The first-order chi connectivity index (χ1) is 14.0. The average Bonchev–Trinajstić information content (AvgIpc) is 3.28. The summed E-state index contributed by atoms with van der Waals surface area (Å²) in [6.07, 6.45) is 15.0. The molecule has 29 heavy (non-hydrogen) atoms. The molecule has 7 atom stereocenters. The van der Waals surface area contributed by atoms with E-state index >= 15 is 0 Å². The van der Waals surface area contributed by atoms with E-state index in [1.807, 2.05) is 6.08 Å². The van der Waals surface area contributed by atoms with Gasteiger partial charge in [0.2, 0.25) is 0 Å². The quantitative estimate of drug-likeness (QED) is 0.512. The number of rotatable bonds is 4. The van der Waals surface area contributed by atoms with E-state index in [2.05, 4.69) is 31.7 Å². The molecule has 0 aromatic heterocycles. The third kappa shape index (κ3) is 3.15. The van der Waals surface area contributed by atoms with Crippen molar-refractivity contribution in [2.75, 3.05) is 18.9 Å². The zero-order chi connectivity index (χ0) is 20.2. The fraction of sp³-hybridized carbons (Fsp3) is 0.800. The van der Waals surface area contributed by atoms with E-state index in [-0.39, 0.29) is 5.97 Å². The highest BCUT2D eigenvalue weighted by Gasteiger charge is 2.59. The maximum atomic E-state index is 11.7. The second kappa shape index (κ2) is 7.44. The first-order valence-electron chi connectivity index (χ1n) is 11.8. The molecule has 0 radical (unpaired) electrons. The van der Waals surface area contributed by atoms with E-state index in [1.165, 1.54) is 56.9 Å². The average molecular weight is 416 g/mol. The summed E-state index contributed by atoms with van der Waals surface area (Å²) in [5.41, 5.74) is 9.59. The molecule has 160 valence electrons. The van der Waals surface area contributed by atoms with Crippen molar-refractivity contribution in [3.63, 3.8) is 0 Å². The van der Waals surface area contributed by atoms with Crippen molar-refractivity contribution in [2.45, 2.75) is 70.5 Å². The molecule has 0 aromatic rings. The Morgan fingerprint density at radius 3 is 2.79 bits per heavy atom. The second-order valence-electron chi connectivity index (χ2n) is 10.8. The molecule has 0 aromatic carbocycles. The molecule has 0 spiro atoms. The number of allylic oxidation sites excluding steroid dienone is 2. The van der Waals surface area contributed by atoms with E-state index in [1.54, 1.807) is 5.57 Å². The predicted octanol–water partition coefficient (Wildman–Crippen LogP) is 5.11. The van der Waals surface area contributed by atoms with Crippen LogP contribution in [-0.2, 0) is 9.53 Å². The number of carbonyl (C=O) groups is 1. The van der Waals surface area contributed by atoms with E-state index < -0.39 is 0 Å². The normalized spacial score (nSPS) is 46.3. The lowest BCUT2D eigenvalue weighted by molar-refractivity contribution is -0.135. The molecule has 0 bridgehead atoms. The van der Waals surface area contributed by atoms with Crippen molar-refractivity contribution in [3.8, 4) is 0 Å². The summed E-state index contributed by atoms with van der Waals surface area (Å²) in [4.78, 5) is 11.7. The molecule has 3 saturated carbocycles. The molecule has 4 heteroatoms. The number of nitrogens with two attached hydrogens (primary N) is 1. The van der Waals surface area contributed by atoms with E-state index in [0.717, 1.165) is 35.3 Å². The van der Waals surface area contributed by atoms with Crippen LogP contribution in [0.1, 0.15) is 65.2 Å². The van der Waals surface area contributed by atoms with Crippen LogP contribution in [-0.4, -0.2) is 30.1 Å². The number of fused-ring (bicyclic) bond motifs is 5. The molecule has 3 fully saturated rings. The van der Waals surface area contributed by atoms with Gasteiger partial charge in [-0.25, -0.2) is 4.79 Å². The minimum absolute atomic E-state index is 0.122. The first-order valence-corrected chi connectivity index (χ1v) is 12.9. The molecule has 0 saturated heterocycles. The highest BCUT2D eigenvalue weighted by atomic mass is 32.2. The number of thioether (sulfide) groups is 1. The van der Waals surface area contributed by atoms with Gasteiger partial charge in [-0.05, 0) is 91.4 Å². The van der Waals surface area contributed by atoms with Crippen LogP contribution in [0.25, 0.3) is 0 Å². The maximum absolute atomic E-state index is 11.7. The highest BCUT2D eigenvalue weighted by Crippen LogP contribution is 2.67. The van der Waals surface area contributed by atoms with Gasteiger partial charge in [0.05, 0.1) is 0 Å². The van der Waals surface area contributed by atoms with Gasteiger partial charge >= 0.3 is 5.97 Å². The van der Waals surface area contributed by atoms with Gasteiger partial charge in [-0.1, -0.05) is 25.5 Å². The summed E-state index contributed by atoms with van der Waals surface area (Å²) >= 11 is 2.10. The van der Waals surface area contributed by atoms with E-state index in [0.29, 0.717) is 23.4 Å². The summed E-state index contributed by atoms with van der Waals surface area (Å²) in [6, 6.07) is 0. The molecular weight excluding hydrogens is 378 g/mol. The Kier molecular flexibility index (Phi) is 5.18. The minimum atomic E-state index is -0.122. The Morgan fingerprint density at radius 2 is 2.03 bits per heavy atom. The largest absolute Gasteiger partial charge is 0.458 e. The Hall–Kier alpha value is -0.740. The lowest BCUT2D eigenvalue weighted by Gasteiger charge is -2.58. The van der Waals surface area contributed by atoms with Crippen molar-refractivity contribution >= 4 is 17.7 Å². The third-order valence-corrected chi connectivity index (χ3v) is 11.0. The number of hydrogen-bond acceptors (Lipinski definition) is 4. The molecule has 3 nitrogen and oxygen atoms in total. The van der Waals surface area contributed by atoms with E-state index in [4.69, 9.17) is 10.5 Å². The molecule has 1 aliphatic heterocycles. The molecule has 5 rings (SSSR count). The van der Waals surface area contributed by atoms with Crippen LogP contribution in [0.3, 0.4) is 0 Å². The SMILES string of the molecule is C[C@]12CC[C@H]3[C@@H](CC=C4C[C@@H](SCCN)CC[C@@]43C)[C@@H]1CC[C@@H]2C1=CC(=O)OC1. The summed E-state index contributed by atoms with van der Waals surface area (Å²) in [5.74, 6) is 4.03. The summed E-state index contributed by atoms with van der Waals surface area (Å²) in [7, 11) is 0. The van der Waals surface area contributed by atoms with Crippen molar-refractivity contribution in [2.24, 2.45) is 40.2 Å². The Labute approximate surface area is 180 Å². The smallest absolute Gasteiger partial charge is 0.331 e. The zero-order valence-corrected chi connectivity index (χ0v) is 18.9. The number of cyclic esters (lactones) is 1. The molecule has 2 N–H and O–H groups in total. The lowest BCUT2D eigenvalue weighted by atomic mass is 9.47. The zero-order valence-electron chi connectivity index (χ0n) is 18.1. The van der Waals surface area contributed by atoms with Gasteiger partial charge in [0.1, 0.15) is 6.61 Å². The topological polar surface area (TPSA) is 52.3 Å². The van der Waals surface area contributed by atoms with Crippen LogP contribution in [0, 0.1) is 34.5 Å². The van der Waals surface area contributed by atoms with Gasteiger partial charge in [-0.3, -0.25) is 0 Å². The van der Waals surface area contributed by atoms with Gasteiger partial charge in [0.25, 0.3) is 0 Å². The Morgan fingerprint density at radius 1 is 1.17 bits per heavy atom. The molecule has 0 amide bonds. The highest BCUT2D eigenvalue weighted by molar-refractivity contribution is 7.99. The summed E-state index contributed by atoms with van der Waals surface area (Å²) < 4.78 is 5.28. The van der Waals surface area contributed by atoms with E-state index in [9.17, 15) is 4.79 Å². The van der Waals surface area contributed by atoms with Crippen molar-refractivity contribution in [1.29, 1.82) is 0 Å². The van der Waals surface area contributed by atoms with Crippen LogP contribution in [0.2, 0.25) is 0 Å². The van der Waals surface area contributed by atoms with Crippen molar-refractivity contribution in [3.05, 3.63) is 23.3 Å². The first kappa shape index (κ1) is 20.2. The monoisotopic (exact) mass is 415 g/mol. The van der Waals surface area contributed by atoms with Crippen LogP contribution >= 0.6 is 11.8 Å².